The summed E-state index contributed by atoms with van der Waals surface area (Å²) in [6.45, 7) is 1.86. The summed E-state index contributed by atoms with van der Waals surface area (Å²) in [6.07, 6.45) is 4.84. The first-order chi connectivity index (χ1) is 8.25. The summed E-state index contributed by atoms with van der Waals surface area (Å²) in [5.74, 6) is 1.01. The van der Waals surface area contributed by atoms with E-state index in [0.29, 0.717) is 0 Å². The molecule has 0 bridgehead atoms. The summed E-state index contributed by atoms with van der Waals surface area (Å²) in [7, 11) is 2.02. The lowest BCUT2D eigenvalue weighted by Crippen LogP contribution is -2.32. The van der Waals surface area contributed by atoms with Crippen molar-refractivity contribution in [3.63, 3.8) is 0 Å². The Balaban J connectivity index is 1.95. The van der Waals surface area contributed by atoms with Gasteiger partial charge in [-0.25, -0.2) is 4.98 Å². The lowest BCUT2D eigenvalue weighted by molar-refractivity contribution is 0.689. The number of anilines is 2. The zero-order valence-corrected chi connectivity index (χ0v) is 9.93. The van der Waals surface area contributed by atoms with Gasteiger partial charge in [0.25, 0.3) is 0 Å². The average molecular weight is 228 g/mol. The first kappa shape index (κ1) is 10.2. The summed E-state index contributed by atoms with van der Waals surface area (Å²) in [6, 6.07) is 6.17. The first-order valence-corrected chi connectivity index (χ1v) is 5.84. The maximum atomic E-state index is 6.04. The van der Waals surface area contributed by atoms with Crippen LogP contribution in [-0.4, -0.2) is 16.1 Å². The molecule has 0 atom stereocenters. The summed E-state index contributed by atoms with van der Waals surface area (Å²) >= 11 is 0. The number of rotatable bonds is 1. The number of benzene rings is 1. The van der Waals surface area contributed by atoms with Crippen LogP contribution in [0.25, 0.3) is 0 Å². The van der Waals surface area contributed by atoms with Crippen molar-refractivity contribution in [3.05, 3.63) is 41.7 Å². The monoisotopic (exact) mass is 228 g/mol. The summed E-state index contributed by atoms with van der Waals surface area (Å²) < 4.78 is 2.05. The van der Waals surface area contributed by atoms with Gasteiger partial charge in [-0.15, -0.1) is 0 Å². The predicted octanol–water partition coefficient (Wildman–Crippen LogP) is 1.56. The lowest BCUT2D eigenvalue weighted by Gasteiger charge is -2.30. The van der Waals surface area contributed by atoms with Gasteiger partial charge in [-0.1, -0.05) is 12.1 Å². The molecule has 1 aliphatic rings. The highest BCUT2D eigenvalue weighted by atomic mass is 15.3. The molecule has 2 aromatic rings. The molecule has 0 aliphatic carbocycles. The second kappa shape index (κ2) is 3.80. The number of nitrogens with zero attached hydrogens (tertiary/aromatic N) is 3. The molecule has 0 amide bonds. The van der Waals surface area contributed by atoms with Crippen molar-refractivity contribution in [2.45, 2.75) is 13.0 Å². The SMILES string of the molecule is Cn1ccnc1N1CCc2cccc(N)c2C1. The van der Waals surface area contributed by atoms with Gasteiger partial charge in [0.05, 0.1) is 0 Å². The van der Waals surface area contributed by atoms with Crippen LogP contribution in [0.1, 0.15) is 11.1 Å². The maximum absolute atomic E-state index is 6.04. The number of aromatic nitrogens is 2. The molecule has 0 spiro atoms. The lowest BCUT2D eigenvalue weighted by atomic mass is 9.98. The van der Waals surface area contributed by atoms with E-state index in [1.165, 1.54) is 11.1 Å². The van der Waals surface area contributed by atoms with Crippen molar-refractivity contribution in [2.75, 3.05) is 17.2 Å². The van der Waals surface area contributed by atoms with Gasteiger partial charge < -0.3 is 15.2 Å². The quantitative estimate of drug-likeness (QED) is 0.754. The van der Waals surface area contributed by atoms with Crippen molar-refractivity contribution >= 4 is 11.6 Å². The topological polar surface area (TPSA) is 47.1 Å². The van der Waals surface area contributed by atoms with E-state index in [0.717, 1.165) is 31.1 Å². The third kappa shape index (κ3) is 1.65. The van der Waals surface area contributed by atoms with Crippen LogP contribution < -0.4 is 10.6 Å². The van der Waals surface area contributed by atoms with Crippen LogP contribution in [0.4, 0.5) is 11.6 Å². The average Bonchev–Trinajstić information content (AvgIpc) is 2.76. The molecule has 0 saturated carbocycles. The van der Waals surface area contributed by atoms with Crippen LogP contribution in [0.5, 0.6) is 0 Å². The second-order valence-corrected chi connectivity index (χ2v) is 4.49. The number of aryl methyl sites for hydroxylation is 1. The Morgan fingerprint density at radius 2 is 2.24 bits per heavy atom. The highest BCUT2D eigenvalue weighted by molar-refractivity contribution is 5.54. The van der Waals surface area contributed by atoms with Crippen molar-refractivity contribution in [3.8, 4) is 0 Å². The van der Waals surface area contributed by atoms with Crippen molar-refractivity contribution in [1.82, 2.24) is 9.55 Å². The second-order valence-electron chi connectivity index (χ2n) is 4.49. The minimum atomic E-state index is 0.854. The maximum Gasteiger partial charge on any atom is 0.205 e. The van der Waals surface area contributed by atoms with Crippen LogP contribution in [0.3, 0.4) is 0 Å². The molecule has 2 heterocycles. The highest BCUT2D eigenvalue weighted by Gasteiger charge is 2.20. The number of imidazole rings is 1. The summed E-state index contributed by atoms with van der Waals surface area (Å²) in [5.41, 5.74) is 9.55. The van der Waals surface area contributed by atoms with Crippen LogP contribution >= 0.6 is 0 Å². The number of nitrogens with two attached hydrogens (primary N) is 1. The first-order valence-electron chi connectivity index (χ1n) is 5.84. The highest BCUT2D eigenvalue weighted by Crippen LogP contribution is 2.26. The van der Waals surface area contributed by atoms with Gasteiger partial charge in [0.15, 0.2) is 0 Å². The number of nitrogen functional groups attached to an aromatic ring is 1. The van der Waals surface area contributed by atoms with E-state index >= 15 is 0 Å². The van der Waals surface area contributed by atoms with E-state index in [2.05, 4.69) is 16.0 Å². The Morgan fingerprint density at radius 1 is 1.35 bits per heavy atom. The molecule has 88 valence electrons. The molecular formula is C13H16N4. The third-order valence-electron chi connectivity index (χ3n) is 3.39. The van der Waals surface area contributed by atoms with E-state index in [1.54, 1.807) is 0 Å². The van der Waals surface area contributed by atoms with Gasteiger partial charge in [-0.05, 0) is 23.6 Å². The van der Waals surface area contributed by atoms with E-state index in [4.69, 9.17) is 5.73 Å². The van der Waals surface area contributed by atoms with E-state index in [-0.39, 0.29) is 0 Å². The molecule has 0 saturated heterocycles. The van der Waals surface area contributed by atoms with Crippen LogP contribution in [0.2, 0.25) is 0 Å². The molecule has 3 rings (SSSR count). The Labute approximate surface area is 101 Å². The van der Waals surface area contributed by atoms with Gasteiger partial charge in [0.1, 0.15) is 0 Å². The molecule has 4 nitrogen and oxygen atoms in total. The zero-order chi connectivity index (χ0) is 11.8. The molecule has 1 aromatic heterocycles. The van der Waals surface area contributed by atoms with E-state index in [1.807, 2.05) is 36.1 Å². The van der Waals surface area contributed by atoms with Crippen LogP contribution in [0, 0.1) is 0 Å². The van der Waals surface area contributed by atoms with Crippen molar-refractivity contribution < 1.29 is 0 Å². The fraction of sp³-hybridized carbons (Fsp3) is 0.308. The van der Waals surface area contributed by atoms with Gasteiger partial charge in [0.2, 0.25) is 5.95 Å². The number of hydrogen-bond donors (Lipinski definition) is 1. The molecule has 0 fully saturated rings. The summed E-state index contributed by atoms with van der Waals surface area (Å²) in [5, 5.41) is 0. The van der Waals surface area contributed by atoms with Gasteiger partial charge in [-0.2, -0.15) is 0 Å². The Hall–Kier alpha value is -1.97. The largest absolute Gasteiger partial charge is 0.398 e. The Kier molecular flexibility index (Phi) is 2.28. The third-order valence-corrected chi connectivity index (χ3v) is 3.39. The molecular weight excluding hydrogens is 212 g/mol. The van der Waals surface area contributed by atoms with E-state index in [9.17, 15) is 0 Å². The van der Waals surface area contributed by atoms with Gasteiger partial charge in [0, 0.05) is 38.2 Å². The number of fused-ring (bicyclic) bond motifs is 1. The fourth-order valence-corrected chi connectivity index (χ4v) is 2.44. The molecule has 17 heavy (non-hydrogen) atoms. The zero-order valence-electron chi connectivity index (χ0n) is 9.93. The molecule has 1 aromatic carbocycles. The Bertz CT molecular complexity index is 544. The minimum Gasteiger partial charge on any atom is -0.398 e. The van der Waals surface area contributed by atoms with Crippen molar-refractivity contribution in [2.24, 2.45) is 7.05 Å². The molecule has 2 N–H and O–H groups in total. The van der Waals surface area contributed by atoms with Gasteiger partial charge in [-0.3, -0.25) is 0 Å². The minimum absolute atomic E-state index is 0.854. The molecule has 0 radical (unpaired) electrons. The predicted molar refractivity (Wildman–Crippen MR) is 68.8 cm³/mol. The normalized spacial score (nSPS) is 14.8. The fourth-order valence-electron chi connectivity index (χ4n) is 2.44. The van der Waals surface area contributed by atoms with Crippen LogP contribution in [-0.2, 0) is 20.0 Å². The molecule has 4 heteroatoms. The van der Waals surface area contributed by atoms with Gasteiger partial charge >= 0.3 is 0 Å². The Morgan fingerprint density at radius 3 is 3.00 bits per heavy atom. The molecule has 1 aliphatic heterocycles. The van der Waals surface area contributed by atoms with Crippen LogP contribution in [0.15, 0.2) is 30.6 Å². The molecule has 0 unspecified atom stereocenters. The van der Waals surface area contributed by atoms with E-state index < -0.39 is 0 Å². The van der Waals surface area contributed by atoms with Crippen molar-refractivity contribution in [1.29, 1.82) is 0 Å². The summed E-state index contributed by atoms with van der Waals surface area (Å²) in [4.78, 5) is 6.67. The number of hydrogen-bond acceptors (Lipinski definition) is 3. The smallest absolute Gasteiger partial charge is 0.205 e. The standard InChI is InChI=1S/C13H16N4/c1-16-8-6-15-13(16)17-7-5-10-3-2-4-12(14)11(10)9-17/h2-4,6,8H,5,7,9,14H2,1H3.